The number of amides is 2. The summed E-state index contributed by atoms with van der Waals surface area (Å²) in [6.45, 7) is 0.449. The summed E-state index contributed by atoms with van der Waals surface area (Å²) in [6.07, 6.45) is -4.97. The number of anilines is 1. The highest BCUT2D eigenvalue weighted by atomic mass is 19.4. The maximum absolute atomic E-state index is 12.7. The Balaban J connectivity index is 1.55. The molecular weight excluding hydrogens is 379 g/mol. The number of carbonyl (C=O) groups is 1. The molecule has 0 bridgehead atoms. The van der Waals surface area contributed by atoms with Crippen LogP contribution in [0.25, 0.3) is 0 Å². The molecule has 1 aliphatic heterocycles. The Labute approximate surface area is 159 Å². The number of halogens is 3. The number of hydrogen-bond acceptors (Lipinski definition) is 5. The standard InChI is InChI=1S/C18H18F3N3O4/c1-26-11-6-7-13(14(8-11)27-2)22-17(25)24-9-12(10-24)28-16-5-3-4-15(23-16)18(19,20)21/h3-8,12H,9-10H2,1-2H3,(H,22,25). The summed E-state index contributed by atoms with van der Waals surface area (Å²) in [5, 5.41) is 2.71. The van der Waals surface area contributed by atoms with Crippen LogP contribution >= 0.6 is 0 Å². The third-order valence-corrected chi connectivity index (χ3v) is 4.09. The molecule has 7 nitrogen and oxygen atoms in total. The molecule has 1 saturated heterocycles. The van der Waals surface area contributed by atoms with Crippen molar-refractivity contribution in [3.8, 4) is 17.4 Å². The molecular formula is C18H18F3N3O4. The SMILES string of the molecule is COc1ccc(NC(=O)N2CC(Oc3cccc(C(F)(F)F)n3)C2)c(OC)c1. The summed E-state index contributed by atoms with van der Waals surface area (Å²) in [7, 11) is 2.99. The van der Waals surface area contributed by atoms with Crippen LogP contribution in [0, 0.1) is 0 Å². The van der Waals surface area contributed by atoms with E-state index >= 15 is 0 Å². The number of nitrogens with zero attached hydrogens (tertiary/aromatic N) is 2. The molecule has 2 amide bonds. The van der Waals surface area contributed by atoms with Crippen LogP contribution in [0.5, 0.6) is 17.4 Å². The zero-order chi connectivity index (χ0) is 20.3. The van der Waals surface area contributed by atoms with Gasteiger partial charge >= 0.3 is 12.2 Å². The zero-order valence-electron chi connectivity index (χ0n) is 15.1. The van der Waals surface area contributed by atoms with Crippen molar-refractivity contribution in [3.05, 3.63) is 42.1 Å². The average Bonchev–Trinajstić information content (AvgIpc) is 2.64. The highest BCUT2D eigenvalue weighted by Crippen LogP contribution is 2.31. The van der Waals surface area contributed by atoms with Gasteiger partial charge in [-0.1, -0.05) is 6.07 Å². The molecule has 150 valence electrons. The highest BCUT2D eigenvalue weighted by molar-refractivity contribution is 5.91. The van der Waals surface area contributed by atoms with E-state index in [2.05, 4.69) is 10.3 Å². The van der Waals surface area contributed by atoms with Crippen LogP contribution in [0.3, 0.4) is 0 Å². The molecule has 1 aliphatic rings. The first-order chi connectivity index (χ1) is 13.3. The van der Waals surface area contributed by atoms with Gasteiger partial charge in [0.15, 0.2) is 0 Å². The lowest BCUT2D eigenvalue weighted by molar-refractivity contribution is -0.141. The first kappa shape index (κ1) is 19.6. The molecule has 1 aromatic heterocycles. The molecule has 0 atom stereocenters. The van der Waals surface area contributed by atoms with Crippen LogP contribution in [0.1, 0.15) is 5.69 Å². The van der Waals surface area contributed by atoms with Crippen molar-refractivity contribution in [2.45, 2.75) is 12.3 Å². The Morgan fingerprint density at radius 1 is 1.18 bits per heavy atom. The van der Waals surface area contributed by atoms with Crippen LogP contribution in [0.4, 0.5) is 23.7 Å². The number of likely N-dealkylation sites (tertiary alicyclic amines) is 1. The molecule has 0 radical (unpaired) electrons. The molecule has 0 aliphatic carbocycles. The van der Waals surface area contributed by atoms with Crippen LogP contribution in [0.15, 0.2) is 36.4 Å². The predicted octanol–water partition coefficient (Wildman–Crippen LogP) is 3.41. The second kappa shape index (κ2) is 7.83. The summed E-state index contributed by atoms with van der Waals surface area (Å²) in [6, 6.07) is 8.03. The number of methoxy groups -OCH3 is 2. The van der Waals surface area contributed by atoms with E-state index in [4.69, 9.17) is 14.2 Å². The smallest absolute Gasteiger partial charge is 0.433 e. The van der Waals surface area contributed by atoms with Gasteiger partial charge in [0, 0.05) is 12.1 Å². The van der Waals surface area contributed by atoms with E-state index < -0.39 is 18.0 Å². The monoisotopic (exact) mass is 397 g/mol. The molecule has 3 rings (SSSR count). The van der Waals surface area contributed by atoms with Gasteiger partial charge in [-0.05, 0) is 18.2 Å². The van der Waals surface area contributed by atoms with Gasteiger partial charge < -0.3 is 24.4 Å². The number of rotatable bonds is 5. The zero-order valence-corrected chi connectivity index (χ0v) is 15.1. The van der Waals surface area contributed by atoms with Crippen molar-refractivity contribution in [1.29, 1.82) is 0 Å². The second-order valence-electron chi connectivity index (χ2n) is 6.00. The van der Waals surface area contributed by atoms with Gasteiger partial charge in [-0.3, -0.25) is 0 Å². The fraction of sp³-hybridized carbons (Fsp3) is 0.333. The maximum Gasteiger partial charge on any atom is 0.433 e. The van der Waals surface area contributed by atoms with Crippen molar-refractivity contribution in [2.24, 2.45) is 0 Å². The first-order valence-corrected chi connectivity index (χ1v) is 8.29. The van der Waals surface area contributed by atoms with E-state index in [9.17, 15) is 18.0 Å². The second-order valence-corrected chi connectivity index (χ2v) is 6.00. The summed E-state index contributed by atoms with van der Waals surface area (Å²) in [5.74, 6) is 0.895. The minimum absolute atomic E-state index is 0.128. The number of ether oxygens (including phenoxy) is 3. The lowest BCUT2D eigenvalue weighted by atomic mass is 10.2. The number of benzene rings is 1. The quantitative estimate of drug-likeness (QED) is 0.837. The van der Waals surface area contributed by atoms with Crippen molar-refractivity contribution >= 4 is 11.7 Å². The molecule has 2 heterocycles. The van der Waals surface area contributed by atoms with Gasteiger partial charge in [-0.25, -0.2) is 9.78 Å². The molecule has 1 N–H and O–H groups in total. The minimum Gasteiger partial charge on any atom is -0.497 e. The minimum atomic E-state index is -4.54. The molecule has 0 unspecified atom stereocenters. The van der Waals surface area contributed by atoms with Crippen LogP contribution in [0.2, 0.25) is 0 Å². The molecule has 10 heteroatoms. The topological polar surface area (TPSA) is 72.9 Å². The molecule has 0 saturated carbocycles. The number of carbonyl (C=O) groups excluding carboxylic acids is 1. The molecule has 28 heavy (non-hydrogen) atoms. The molecule has 0 spiro atoms. The van der Waals surface area contributed by atoms with E-state index in [0.717, 1.165) is 6.07 Å². The molecule has 1 fully saturated rings. The average molecular weight is 397 g/mol. The van der Waals surface area contributed by atoms with Gasteiger partial charge in [0.25, 0.3) is 0 Å². The maximum atomic E-state index is 12.7. The fourth-order valence-corrected chi connectivity index (χ4v) is 2.58. The van der Waals surface area contributed by atoms with Crippen molar-refractivity contribution in [3.63, 3.8) is 0 Å². The third-order valence-electron chi connectivity index (χ3n) is 4.09. The van der Waals surface area contributed by atoms with E-state index in [1.165, 1.54) is 31.3 Å². The number of aromatic nitrogens is 1. The first-order valence-electron chi connectivity index (χ1n) is 8.29. The number of pyridine rings is 1. The fourth-order valence-electron chi connectivity index (χ4n) is 2.58. The van der Waals surface area contributed by atoms with Crippen LogP contribution in [-0.4, -0.2) is 49.3 Å². The molecule has 1 aromatic carbocycles. The predicted molar refractivity (Wildman–Crippen MR) is 93.8 cm³/mol. The van der Waals surface area contributed by atoms with Gasteiger partial charge in [-0.15, -0.1) is 0 Å². The third kappa shape index (κ3) is 4.38. The van der Waals surface area contributed by atoms with Crippen molar-refractivity contribution < 1.29 is 32.2 Å². The van der Waals surface area contributed by atoms with Gasteiger partial charge in [-0.2, -0.15) is 13.2 Å². The van der Waals surface area contributed by atoms with Gasteiger partial charge in [0.1, 0.15) is 23.3 Å². The lowest BCUT2D eigenvalue weighted by Crippen LogP contribution is -2.57. The number of nitrogens with one attached hydrogen (secondary N) is 1. The van der Waals surface area contributed by atoms with E-state index in [1.807, 2.05) is 0 Å². The van der Waals surface area contributed by atoms with Gasteiger partial charge in [0.05, 0.1) is 33.0 Å². The number of alkyl halides is 3. The van der Waals surface area contributed by atoms with E-state index in [-0.39, 0.29) is 25.0 Å². The number of urea groups is 1. The Hall–Kier alpha value is -3.17. The Morgan fingerprint density at radius 2 is 1.93 bits per heavy atom. The van der Waals surface area contributed by atoms with Gasteiger partial charge in [0.2, 0.25) is 5.88 Å². The molecule has 2 aromatic rings. The van der Waals surface area contributed by atoms with E-state index in [0.29, 0.717) is 17.2 Å². The normalized spacial score (nSPS) is 14.2. The summed E-state index contributed by atoms with van der Waals surface area (Å²) >= 11 is 0. The summed E-state index contributed by atoms with van der Waals surface area (Å²) in [5.41, 5.74) is -0.553. The summed E-state index contributed by atoms with van der Waals surface area (Å²) < 4.78 is 53.8. The Morgan fingerprint density at radius 3 is 2.57 bits per heavy atom. The van der Waals surface area contributed by atoms with Crippen molar-refractivity contribution in [2.75, 3.05) is 32.6 Å². The lowest BCUT2D eigenvalue weighted by Gasteiger charge is -2.38. The Kier molecular flexibility index (Phi) is 5.48. The number of hydrogen-bond donors (Lipinski definition) is 1. The highest BCUT2D eigenvalue weighted by Gasteiger charge is 2.35. The summed E-state index contributed by atoms with van der Waals surface area (Å²) in [4.78, 5) is 17.2. The largest absolute Gasteiger partial charge is 0.497 e. The van der Waals surface area contributed by atoms with Crippen molar-refractivity contribution in [1.82, 2.24) is 9.88 Å². The van der Waals surface area contributed by atoms with E-state index in [1.54, 1.807) is 18.2 Å². The van der Waals surface area contributed by atoms with Crippen LogP contribution in [-0.2, 0) is 6.18 Å². The Bertz CT molecular complexity index is 854. The van der Waals surface area contributed by atoms with Crippen LogP contribution < -0.4 is 19.5 Å².